The molecule has 6 nitrogen and oxygen atoms in total. The van der Waals surface area contributed by atoms with Crippen LogP contribution in [0.4, 0.5) is 0 Å². The number of primary amides is 1. The third-order valence-electron chi connectivity index (χ3n) is 4.34. The Morgan fingerprint density at radius 3 is 2.22 bits per heavy atom. The van der Waals surface area contributed by atoms with Crippen molar-refractivity contribution in [3.8, 4) is 22.7 Å². The van der Waals surface area contributed by atoms with Gasteiger partial charge in [-0.15, -0.1) is 0 Å². The molecule has 1 heterocycles. The first-order valence-electron chi connectivity index (χ1n) is 8.44. The quantitative estimate of drug-likeness (QED) is 0.693. The van der Waals surface area contributed by atoms with E-state index in [2.05, 4.69) is 0 Å². The number of carbonyl (C=O) groups excluding carboxylic acids is 2. The van der Waals surface area contributed by atoms with Crippen LogP contribution < -0.4 is 15.6 Å². The highest BCUT2D eigenvalue weighted by Crippen LogP contribution is 2.29. The SMILES string of the molecule is COc1ccc(-c2ccc(CCC(=O)[O-])n2-c2ccc(C(N)=O)cc2)cc1. The average molecular weight is 363 g/mol. The van der Waals surface area contributed by atoms with Crippen molar-refractivity contribution in [2.45, 2.75) is 12.8 Å². The Morgan fingerprint density at radius 1 is 1.00 bits per heavy atom. The van der Waals surface area contributed by atoms with Gasteiger partial charge in [0.05, 0.1) is 12.8 Å². The first kappa shape index (κ1) is 18.3. The Labute approximate surface area is 156 Å². The van der Waals surface area contributed by atoms with Crippen LogP contribution in [0.5, 0.6) is 5.75 Å². The molecule has 1 aromatic heterocycles. The first-order valence-corrected chi connectivity index (χ1v) is 8.44. The molecule has 0 bridgehead atoms. The summed E-state index contributed by atoms with van der Waals surface area (Å²) in [5.41, 5.74) is 9.22. The van der Waals surface area contributed by atoms with Crippen LogP contribution in [0.3, 0.4) is 0 Å². The molecule has 0 atom stereocenters. The maximum atomic E-state index is 11.3. The first-order chi connectivity index (χ1) is 13.0. The summed E-state index contributed by atoms with van der Waals surface area (Å²) in [4.78, 5) is 22.2. The molecule has 138 valence electrons. The molecule has 3 rings (SSSR count). The number of nitrogens with zero attached hydrogens (tertiary/aromatic N) is 1. The Balaban J connectivity index is 2.07. The molecule has 6 heteroatoms. The van der Waals surface area contributed by atoms with E-state index in [1.165, 1.54) is 0 Å². The van der Waals surface area contributed by atoms with Crippen LogP contribution >= 0.6 is 0 Å². The predicted octanol–water partition coefficient (Wildman–Crippen LogP) is 1.93. The highest BCUT2D eigenvalue weighted by molar-refractivity contribution is 5.92. The van der Waals surface area contributed by atoms with E-state index in [1.807, 2.05) is 41.0 Å². The third-order valence-corrected chi connectivity index (χ3v) is 4.34. The Bertz CT molecular complexity index is 957. The Kier molecular flexibility index (Phi) is 5.26. The fraction of sp³-hybridized carbons (Fsp3) is 0.143. The van der Waals surface area contributed by atoms with E-state index in [-0.39, 0.29) is 6.42 Å². The van der Waals surface area contributed by atoms with Crippen molar-refractivity contribution in [1.82, 2.24) is 4.57 Å². The fourth-order valence-electron chi connectivity index (χ4n) is 2.97. The van der Waals surface area contributed by atoms with Crippen LogP contribution in [0.1, 0.15) is 22.5 Å². The molecule has 3 aromatic rings. The molecular weight excluding hydrogens is 344 g/mol. The van der Waals surface area contributed by atoms with Gasteiger partial charge in [0.2, 0.25) is 5.91 Å². The summed E-state index contributed by atoms with van der Waals surface area (Å²) in [7, 11) is 1.61. The molecule has 1 amide bonds. The zero-order chi connectivity index (χ0) is 19.4. The van der Waals surface area contributed by atoms with E-state index in [9.17, 15) is 14.7 Å². The van der Waals surface area contributed by atoms with Crippen molar-refractivity contribution in [2.24, 2.45) is 5.73 Å². The second-order valence-electron chi connectivity index (χ2n) is 6.06. The van der Waals surface area contributed by atoms with Gasteiger partial charge in [0, 0.05) is 22.9 Å². The summed E-state index contributed by atoms with van der Waals surface area (Å²) < 4.78 is 7.17. The van der Waals surface area contributed by atoms with Gasteiger partial charge in [0.1, 0.15) is 5.75 Å². The zero-order valence-corrected chi connectivity index (χ0v) is 14.8. The van der Waals surface area contributed by atoms with E-state index in [1.54, 1.807) is 31.4 Å². The van der Waals surface area contributed by atoms with E-state index >= 15 is 0 Å². The van der Waals surface area contributed by atoms with E-state index in [0.29, 0.717) is 12.0 Å². The van der Waals surface area contributed by atoms with Crippen molar-refractivity contribution in [2.75, 3.05) is 7.11 Å². The standard InChI is InChI=1S/C21H20N2O4/c1-27-18-10-4-14(5-11-18)19-12-8-17(9-13-20(24)25)23(19)16-6-2-15(3-7-16)21(22)26/h2-8,10-12H,9,13H2,1H3,(H2,22,26)(H,24,25)/p-1. The summed E-state index contributed by atoms with van der Waals surface area (Å²) in [5.74, 6) is -0.848. The molecule has 0 saturated carbocycles. The highest BCUT2D eigenvalue weighted by atomic mass is 16.5. The van der Waals surface area contributed by atoms with Gasteiger partial charge in [-0.2, -0.15) is 0 Å². The molecule has 27 heavy (non-hydrogen) atoms. The van der Waals surface area contributed by atoms with Crippen LogP contribution in [0.25, 0.3) is 16.9 Å². The van der Waals surface area contributed by atoms with Crippen LogP contribution in [-0.4, -0.2) is 23.6 Å². The summed E-state index contributed by atoms with van der Waals surface area (Å²) >= 11 is 0. The number of aliphatic carboxylic acids is 1. The lowest BCUT2D eigenvalue weighted by atomic mass is 10.1. The number of rotatable bonds is 7. The average Bonchev–Trinajstić information content (AvgIpc) is 3.10. The van der Waals surface area contributed by atoms with Crippen molar-refractivity contribution >= 4 is 11.9 Å². The molecule has 2 aromatic carbocycles. The number of hydrogen-bond acceptors (Lipinski definition) is 4. The number of methoxy groups -OCH3 is 1. The zero-order valence-electron chi connectivity index (χ0n) is 14.8. The molecule has 0 radical (unpaired) electrons. The van der Waals surface area contributed by atoms with Crippen LogP contribution in [0.15, 0.2) is 60.7 Å². The van der Waals surface area contributed by atoms with Crippen LogP contribution in [-0.2, 0) is 11.2 Å². The van der Waals surface area contributed by atoms with Gasteiger partial charge in [-0.05, 0) is 79.1 Å². The molecule has 2 N–H and O–H groups in total. The van der Waals surface area contributed by atoms with Gasteiger partial charge >= 0.3 is 0 Å². The summed E-state index contributed by atoms with van der Waals surface area (Å²) in [6, 6.07) is 18.3. The molecule has 0 unspecified atom stereocenters. The number of aromatic nitrogens is 1. The molecule has 0 saturated heterocycles. The normalized spacial score (nSPS) is 10.6. The fourth-order valence-corrected chi connectivity index (χ4v) is 2.97. The van der Waals surface area contributed by atoms with Gasteiger partial charge in [-0.3, -0.25) is 4.79 Å². The predicted molar refractivity (Wildman–Crippen MR) is 99.6 cm³/mol. The van der Waals surface area contributed by atoms with Crippen molar-refractivity contribution in [3.05, 3.63) is 71.9 Å². The van der Waals surface area contributed by atoms with E-state index < -0.39 is 11.9 Å². The Hall–Kier alpha value is -3.54. The van der Waals surface area contributed by atoms with Gasteiger partial charge in [0.25, 0.3) is 0 Å². The lowest BCUT2D eigenvalue weighted by Gasteiger charge is -2.15. The van der Waals surface area contributed by atoms with Crippen molar-refractivity contribution < 1.29 is 19.4 Å². The number of nitrogens with two attached hydrogens (primary N) is 1. The number of carbonyl (C=O) groups is 2. The number of aryl methyl sites for hydroxylation is 1. The molecule has 0 fully saturated rings. The molecule has 0 aliphatic carbocycles. The van der Waals surface area contributed by atoms with Crippen molar-refractivity contribution in [3.63, 3.8) is 0 Å². The largest absolute Gasteiger partial charge is 0.550 e. The van der Waals surface area contributed by atoms with Crippen LogP contribution in [0, 0.1) is 0 Å². The van der Waals surface area contributed by atoms with Gasteiger partial charge in [-0.25, -0.2) is 0 Å². The van der Waals surface area contributed by atoms with Crippen molar-refractivity contribution in [1.29, 1.82) is 0 Å². The molecule has 0 aliphatic heterocycles. The summed E-state index contributed by atoms with van der Waals surface area (Å²) in [6.07, 6.45) is 0.251. The smallest absolute Gasteiger partial charge is 0.248 e. The minimum Gasteiger partial charge on any atom is -0.550 e. The molecule has 0 spiro atoms. The molecule has 0 aliphatic rings. The van der Waals surface area contributed by atoms with Gasteiger partial charge in [-0.1, -0.05) is 0 Å². The van der Waals surface area contributed by atoms with Gasteiger partial charge in [0.15, 0.2) is 0 Å². The molecular formula is C21H19N2O4-. The monoisotopic (exact) mass is 363 g/mol. The minimum absolute atomic E-state index is 0.0779. The minimum atomic E-state index is -1.10. The topological polar surface area (TPSA) is 97.4 Å². The number of benzene rings is 2. The lowest BCUT2D eigenvalue weighted by Crippen LogP contribution is -2.22. The summed E-state index contributed by atoms with van der Waals surface area (Å²) in [6.45, 7) is 0. The number of carboxylic acid groups (broad SMARTS) is 1. The maximum Gasteiger partial charge on any atom is 0.248 e. The van der Waals surface area contributed by atoms with Gasteiger partial charge < -0.3 is 24.9 Å². The second kappa shape index (κ2) is 7.78. The van der Waals surface area contributed by atoms with E-state index in [0.717, 1.165) is 28.4 Å². The van der Waals surface area contributed by atoms with Crippen LogP contribution in [0.2, 0.25) is 0 Å². The number of carboxylic acids is 1. The summed E-state index contributed by atoms with van der Waals surface area (Å²) in [5, 5.41) is 10.9. The number of hydrogen-bond donors (Lipinski definition) is 1. The lowest BCUT2D eigenvalue weighted by molar-refractivity contribution is -0.305. The Morgan fingerprint density at radius 2 is 1.67 bits per heavy atom. The number of ether oxygens (including phenoxy) is 1. The third kappa shape index (κ3) is 4.00. The number of amides is 1. The maximum absolute atomic E-state index is 11.3. The highest BCUT2D eigenvalue weighted by Gasteiger charge is 2.13. The van der Waals surface area contributed by atoms with E-state index in [4.69, 9.17) is 10.5 Å². The second-order valence-corrected chi connectivity index (χ2v) is 6.06.